The number of rotatable bonds is 2. The average Bonchev–Trinajstić information content (AvgIpc) is 2.87. The van der Waals surface area contributed by atoms with E-state index in [1.807, 2.05) is 6.07 Å². The molecular formula is C13H14N2O4. The Morgan fingerprint density at radius 2 is 2.32 bits per heavy atom. The third-order valence-corrected chi connectivity index (χ3v) is 3.72. The number of nitro benzene ring substituents is 1. The number of aromatic nitrogens is 1. The summed E-state index contributed by atoms with van der Waals surface area (Å²) >= 11 is 0. The number of nitrogens with zero attached hydrogens (tertiary/aromatic N) is 1. The number of aliphatic hydroxyl groups is 1. The van der Waals surface area contributed by atoms with Gasteiger partial charge in [0.2, 0.25) is 5.75 Å². The molecule has 1 aliphatic rings. The van der Waals surface area contributed by atoms with Gasteiger partial charge in [0, 0.05) is 11.3 Å². The van der Waals surface area contributed by atoms with Crippen LogP contribution >= 0.6 is 0 Å². The second-order valence-corrected chi connectivity index (χ2v) is 4.83. The van der Waals surface area contributed by atoms with E-state index in [1.165, 1.54) is 7.11 Å². The van der Waals surface area contributed by atoms with Crippen LogP contribution in [0.4, 0.5) is 5.69 Å². The molecule has 1 unspecified atom stereocenters. The normalized spacial score (nSPS) is 17.7. The number of aryl methyl sites for hydroxylation is 2. The summed E-state index contributed by atoms with van der Waals surface area (Å²) in [6.07, 6.45) is 0.682. The first-order valence-electron chi connectivity index (χ1n) is 6.09. The molecule has 0 saturated carbocycles. The molecular weight excluding hydrogens is 248 g/mol. The topological polar surface area (TPSA) is 88.4 Å². The second-order valence-electron chi connectivity index (χ2n) is 4.83. The monoisotopic (exact) mass is 262 g/mol. The van der Waals surface area contributed by atoms with Crippen molar-refractivity contribution in [1.29, 1.82) is 0 Å². The lowest BCUT2D eigenvalue weighted by molar-refractivity contribution is -0.384. The number of hydrogen-bond acceptors (Lipinski definition) is 4. The van der Waals surface area contributed by atoms with E-state index in [2.05, 4.69) is 4.98 Å². The van der Waals surface area contributed by atoms with Crippen LogP contribution in [0.3, 0.4) is 0 Å². The van der Waals surface area contributed by atoms with Crippen molar-refractivity contribution in [2.45, 2.75) is 25.9 Å². The highest BCUT2D eigenvalue weighted by Gasteiger charge is 2.32. The van der Waals surface area contributed by atoms with Crippen molar-refractivity contribution < 1.29 is 14.8 Å². The lowest BCUT2D eigenvalue weighted by Gasteiger charge is -2.07. The Hall–Kier alpha value is -2.08. The maximum atomic E-state index is 11.4. The van der Waals surface area contributed by atoms with E-state index in [0.717, 1.165) is 5.56 Å². The molecule has 1 aromatic carbocycles. The highest BCUT2D eigenvalue weighted by Crippen LogP contribution is 2.45. The van der Waals surface area contributed by atoms with Gasteiger partial charge in [-0.15, -0.1) is 0 Å². The molecule has 1 atom stereocenters. The summed E-state index contributed by atoms with van der Waals surface area (Å²) in [5.74, 6) is 0.292. The van der Waals surface area contributed by atoms with Gasteiger partial charge in [0.15, 0.2) is 0 Å². The Bertz CT molecular complexity index is 690. The zero-order chi connectivity index (χ0) is 13.7. The minimum Gasteiger partial charge on any atom is -0.490 e. The van der Waals surface area contributed by atoms with E-state index < -0.39 is 11.0 Å². The van der Waals surface area contributed by atoms with Gasteiger partial charge in [-0.25, -0.2) is 0 Å². The average molecular weight is 262 g/mol. The van der Waals surface area contributed by atoms with Crippen molar-refractivity contribution in [2.75, 3.05) is 7.11 Å². The molecule has 1 heterocycles. The molecule has 1 aromatic heterocycles. The molecule has 0 saturated heterocycles. The molecule has 0 bridgehead atoms. The number of aliphatic hydroxyl groups excluding tert-OH is 1. The number of methoxy groups -OCH3 is 1. The first kappa shape index (κ1) is 12.0. The van der Waals surface area contributed by atoms with Gasteiger partial charge < -0.3 is 14.8 Å². The number of nitrogens with one attached hydrogen (secondary N) is 1. The third kappa shape index (κ3) is 1.53. The van der Waals surface area contributed by atoms with Crippen molar-refractivity contribution >= 4 is 16.6 Å². The molecule has 6 heteroatoms. The smallest absolute Gasteiger partial charge is 0.320 e. The van der Waals surface area contributed by atoms with Crippen molar-refractivity contribution in [3.05, 3.63) is 33.0 Å². The molecule has 2 N–H and O–H groups in total. The van der Waals surface area contributed by atoms with E-state index in [1.54, 1.807) is 6.92 Å². The van der Waals surface area contributed by atoms with Gasteiger partial charge in [0.25, 0.3) is 0 Å². The molecule has 6 nitrogen and oxygen atoms in total. The molecule has 0 spiro atoms. The molecule has 0 aliphatic heterocycles. The molecule has 2 aromatic rings. The second kappa shape index (κ2) is 3.96. The Morgan fingerprint density at radius 3 is 2.95 bits per heavy atom. The van der Waals surface area contributed by atoms with Crippen LogP contribution in [-0.4, -0.2) is 22.1 Å². The van der Waals surface area contributed by atoms with Gasteiger partial charge in [-0.05, 0) is 31.4 Å². The standard InChI is InChI=1S/C13H14N2O4/c1-6-5-8-10(12(15(17)18)13(6)19-2)7-3-4-9(16)11(7)14-8/h5,9,14,16H,3-4H2,1-2H3. The molecule has 19 heavy (non-hydrogen) atoms. The van der Waals surface area contributed by atoms with Gasteiger partial charge in [-0.1, -0.05) is 0 Å². The highest BCUT2D eigenvalue weighted by atomic mass is 16.6. The van der Waals surface area contributed by atoms with E-state index in [4.69, 9.17) is 4.74 Å². The maximum Gasteiger partial charge on any atom is 0.320 e. The Balaban J connectivity index is 2.44. The summed E-state index contributed by atoms with van der Waals surface area (Å²) in [6.45, 7) is 1.77. The Morgan fingerprint density at radius 1 is 1.58 bits per heavy atom. The summed E-state index contributed by atoms with van der Waals surface area (Å²) in [5.41, 5.74) is 2.92. The van der Waals surface area contributed by atoms with Crippen LogP contribution in [0.1, 0.15) is 29.3 Å². The molecule has 0 radical (unpaired) electrons. The first-order chi connectivity index (χ1) is 9.04. The predicted octanol–water partition coefficient (Wildman–Crippen LogP) is 2.37. The zero-order valence-electron chi connectivity index (χ0n) is 10.7. The summed E-state index contributed by atoms with van der Waals surface area (Å²) in [7, 11) is 1.43. The molecule has 0 fully saturated rings. The summed E-state index contributed by atoms with van der Waals surface area (Å²) in [4.78, 5) is 14.1. The lowest BCUT2D eigenvalue weighted by Crippen LogP contribution is -1.97. The van der Waals surface area contributed by atoms with Crippen LogP contribution in [0.15, 0.2) is 6.07 Å². The SMILES string of the molecule is COc1c(C)cc2[nH]c3c(c2c1[N+](=O)[O-])CCC3O. The van der Waals surface area contributed by atoms with Crippen LogP contribution in [-0.2, 0) is 6.42 Å². The predicted molar refractivity (Wildman–Crippen MR) is 69.5 cm³/mol. The number of benzene rings is 1. The van der Waals surface area contributed by atoms with Gasteiger partial charge in [-0.2, -0.15) is 0 Å². The van der Waals surface area contributed by atoms with Crippen LogP contribution in [0, 0.1) is 17.0 Å². The van der Waals surface area contributed by atoms with E-state index in [9.17, 15) is 15.2 Å². The summed E-state index contributed by atoms with van der Waals surface area (Å²) in [5, 5.41) is 21.8. The van der Waals surface area contributed by atoms with Gasteiger partial charge in [0.1, 0.15) is 0 Å². The van der Waals surface area contributed by atoms with Gasteiger partial charge in [0.05, 0.1) is 29.0 Å². The summed E-state index contributed by atoms with van der Waals surface area (Å²) in [6, 6.07) is 1.83. The molecule has 100 valence electrons. The van der Waals surface area contributed by atoms with Crippen LogP contribution in [0.25, 0.3) is 10.9 Å². The number of aromatic amines is 1. The van der Waals surface area contributed by atoms with Crippen molar-refractivity contribution in [2.24, 2.45) is 0 Å². The molecule has 3 rings (SSSR count). The van der Waals surface area contributed by atoms with Crippen LogP contribution in [0.2, 0.25) is 0 Å². The lowest BCUT2D eigenvalue weighted by atomic mass is 10.1. The van der Waals surface area contributed by atoms with Crippen molar-refractivity contribution in [3.8, 4) is 5.75 Å². The number of hydrogen-bond donors (Lipinski definition) is 2. The van der Waals surface area contributed by atoms with E-state index >= 15 is 0 Å². The number of ether oxygens (including phenoxy) is 1. The van der Waals surface area contributed by atoms with Crippen LogP contribution in [0.5, 0.6) is 5.75 Å². The fourth-order valence-corrected chi connectivity index (χ4v) is 2.94. The van der Waals surface area contributed by atoms with Crippen LogP contribution < -0.4 is 4.74 Å². The van der Waals surface area contributed by atoms with Crippen molar-refractivity contribution in [3.63, 3.8) is 0 Å². The van der Waals surface area contributed by atoms with E-state index in [-0.39, 0.29) is 5.69 Å². The minimum atomic E-state index is -0.562. The Kier molecular flexibility index (Phi) is 2.50. The van der Waals surface area contributed by atoms with Gasteiger partial charge in [-0.3, -0.25) is 10.1 Å². The fourth-order valence-electron chi connectivity index (χ4n) is 2.94. The minimum absolute atomic E-state index is 0.0101. The zero-order valence-corrected chi connectivity index (χ0v) is 10.7. The van der Waals surface area contributed by atoms with Crippen molar-refractivity contribution in [1.82, 2.24) is 4.98 Å². The summed E-state index contributed by atoms with van der Waals surface area (Å²) < 4.78 is 5.18. The quantitative estimate of drug-likeness (QED) is 0.642. The number of nitro groups is 1. The largest absolute Gasteiger partial charge is 0.490 e. The Labute approximate surface area is 109 Å². The maximum absolute atomic E-state index is 11.4. The highest BCUT2D eigenvalue weighted by molar-refractivity contribution is 5.97. The third-order valence-electron chi connectivity index (χ3n) is 3.72. The first-order valence-corrected chi connectivity index (χ1v) is 6.09. The molecule has 1 aliphatic carbocycles. The number of H-pyrrole nitrogens is 1. The molecule has 0 amide bonds. The van der Waals surface area contributed by atoms with Gasteiger partial charge >= 0.3 is 5.69 Å². The number of fused-ring (bicyclic) bond motifs is 3. The fraction of sp³-hybridized carbons (Fsp3) is 0.385. The van der Waals surface area contributed by atoms with E-state index in [0.29, 0.717) is 40.8 Å².